The molecular formula is C38H52N4O6. The fourth-order valence-corrected chi connectivity index (χ4v) is 6.96. The predicted octanol–water partition coefficient (Wildman–Crippen LogP) is 3.43. The maximum Gasteiger partial charge on any atom is 0.310 e. The van der Waals surface area contributed by atoms with Crippen LogP contribution in [0.2, 0.25) is 0 Å². The molecule has 260 valence electrons. The van der Waals surface area contributed by atoms with E-state index < -0.39 is 0 Å². The minimum atomic E-state index is -0.182. The minimum absolute atomic E-state index is 0.142. The Balaban J connectivity index is 0.886. The lowest BCUT2D eigenvalue weighted by molar-refractivity contribution is -0.144. The number of benzene rings is 2. The summed E-state index contributed by atoms with van der Waals surface area (Å²) in [5, 5.41) is 0. The standard InChI is InChI=1S/C38H52N4O6/c43-35(29-39-17-11-31(12-18-39)15-25-47-37(45)27-33-7-3-1-4-8-33)41-21-23-42(24-22-41)36(44)30-40-19-13-32(14-20-40)16-26-48-38(46)28-34-9-5-2-6-10-34/h1-10,31-32H,11-30H2. The molecule has 0 atom stereocenters. The molecule has 3 aliphatic rings. The van der Waals surface area contributed by atoms with Crippen LogP contribution < -0.4 is 0 Å². The Morgan fingerprint density at radius 3 is 1.23 bits per heavy atom. The highest BCUT2D eigenvalue weighted by molar-refractivity contribution is 5.80. The number of carbonyl (C=O) groups is 4. The summed E-state index contributed by atoms with van der Waals surface area (Å²) < 4.78 is 10.9. The zero-order valence-electron chi connectivity index (χ0n) is 28.3. The van der Waals surface area contributed by atoms with Crippen LogP contribution in [0.4, 0.5) is 0 Å². The van der Waals surface area contributed by atoms with Crippen molar-refractivity contribution < 1.29 is 28.7 Å². The van der Waals surface area contributed by atoms with Gasteiger partial charge in [-0.15, -0.1) is 0 Å². The van der Waals surface area contributed by atoms with E-state index in [1.807, 2.05) is 70.5 Å². The van der Waals surface area contributed by atoms with E-state index in [1.165, 1.54) is 0 Å². The average molecular weight is 661 g/mol. The maximum absolute atomic E-state index is 13.1. The van der Waals surface area contributed by atoms with Crippen molar-refractivity contribution in [2.24, 2.45) is 11.8 Å². The quantitative estimate of drug-likeness (QED) is 0.285. The number of ether oxygens (including phenoxy) is 2. The summed E-state index contributed by atoms with van der Waals surface area (Å²) in [6.45, 7) is 7.59. The molecule has 2 amide bonds. The van der Waals surface area contributed by atoms with Crippen molar-refractivity contribution in [2.75, 3.05) is 78.7 Å². The van der Waals surface area contributed by atoms with E-state index in [4.69, 9.17) is 9.47 Å². The lowest BCUT2D eigenvalue weighted by Gasteiger charge is -2.38. The van der Waals surface area contributed by atoms with E-state index in [-0.39, 0.29) is 23.8 Å². The van der Waals surface area contributed by atoms with E-state index in [9.17, 15) is 19.2 Å². The zero-order valence-corrected chi connectivity index (χ0v) is 28.3. The molecule has 3 fully saturated rings. The van der Waals surface area contributed by atoms with Gasteiger partial charge in [-0.05, 0) is 87.7 Å². The van der Waals surface area contributed by atoms with Crippen LogP contribution in [-0.4, -0.2) is 122 Å². The average Bonchev–Trinajstić information content (AvgIpc) is 3.10. The first kappa shape index (κ1) is 35.5. The largest absolute Gasteiger partial charge is 0.465 e. The SMILES string of the molecule is O=C(Cc1ccccc1)OCCC1CCN(CC(=O)N2CCN(C(=O)CN3CCC(CCOC(=O)Cc4ccccc4)CC3)CC2)CC1. The number of rotatable bonds is 14. The highest BCUT2D eigenvalue weighted by atomic mass is 16.5. The van der Waals surface area contributed by atoms with Crippen molar-refractivity contribution in [1.29, 1.82) is 0 Å². The number of likely N-dealkylation sites (tertiary alicyclic amines) is 2. The second kappa shape index (κ2) is 18.7. The fourth-order valence-electron chi connectivity index (χ4n) is 6.96. The molecule has 0 saturated carbocycles. The molecule has 0 aliphatic carbocycles. The Kier molecular flexibility index (Phi) is 13.8. The molecular weight excluding hydrogens is 608 g/mol. The summed E-state index contributed by atoms with van der Waals surface area (Å²) in [6.07, 6.45) is 6.36. The van der Waals surface area contributed by atoms with E-state index in [0.29, 0.717) is 77.2 Å². The van der Waals surface area contributed by atoms with E-state index in [0.717, 1.165) is 75.8 Å². The van der Waals surface area contributed by atoms with Crippen molar-refractivity contribution >= 4 is 23.8 Å². The summed E-state index contributed by atoms with van der Waals surface area (Å²) in [4.78, 5) is 58.6. The first-order chi connectivity index (χ1) is 23.4. The van der Waals surface area contributed by atoms with Crippen LogP contribution in [-0.2, 0) is 41.5 Å². The topological polar surface area (TPSA) is 99.7 Å². The Morgan fingerprint density at radius 2 is 0.875 bits per heavy atom. The minimum Gasteiger partial charge on any atom is -0.465 e. The molecule has 3 saturated heterocycles. The van der Waals surface area contributed by atoms with Gasteiger partial charge in [0.15, 0.2) is 0 Å². The van der Waals surface area contributed by atoms with Gasteiger partial charge in [-0.2, -0.15) is 0 Å². The number of nitrogens with zero attached hydrogens (tertiary/aromatic N) is 4. The molecule has 0 aromatic heterocycles. The number of piperazine rings is 1. The molecule has 0 radical (unpaired) electrons. The third kappa shape index (κ3) is 11.7. The van der Waals surface area contributed by atoms with Crippen LogP contribution in [0.15, 0.2) is 60.7 Å². The molecule has 0 unspecified atom stereocenters. The molecule has 0 spiro atoms. The van der Waals surface area contributed by atoms with E-state index in [2.05, 4.69) is 9.80 Å². The molecule has 10 heteroatoms. The van der Waals surface area contributed by atoms with Gasteiger partial charge in [-0.25, -0.2) is 0 Å². The van der Waals surface area contributed by atoms with E-state index >= 15 is 0 Å². The Hall–Kier alpha value is -3.76. The highest BCUT2D eigenvalue weighted by Gasteiger charge is 2.29. The van der Waals surface area contributed by atoms with E-state index in [1.54, 1.807) is 0 Å². The van der Waals surface area contributed by atoms with Crippen LogP contribution in [0, 0.1) is 11.8 Å². The summed E-state index contributed by atoms with van der Waals surface area (Å²) in [6, 6.07) is 19.3. The zero-order chi connectivity index (χ0) is 33.6. The van der Waals surface area contributed by atoms with Crippen LogP contribution in [0.3, 0.4) is 0 Å². The van der Waals surface area contributed by atoms with Crippen molar-refractivity contribution in [3.63, 3.8) is 0 Å². The number of piperidine rings is 2. The van der Waals surface area contributed by atoms with Crippen LogP contribution in [0.1, 0.15) is 49.7 Å². The number of hydrogen-bond acceptors (Lipinski definition) is 8. The number of amides is 2. The maximum atomic E-state index is 13.1. The van der Waals surface area contributed by atoms with Gasteiger partial charge in [0.25, 0.3) is 0 Å². The van der Waals surface area contributed by atoms with Crippen molar-refractivity contribution in [3.05, 3.63) is 71.8 Å². The van der Waals surface area contributed by atoms with Crippen LogP contribution in [0.25, 0.3) is 0 Å². The first-order valence-electron chi connectivity index (χ1n) is 17.8. The fraction of sp³-hybridized carbons (Fsp3) is 0.579. The number of esters is 2. The highest BCUT2D eigenvalue weighted by Crippen LogP contribution is 2.22. The molecule has 5 rings (SSSR count). The van der Waals surface area contributed by atoms with Gasteiger partial charge >= 0.3 is 11.9 Å². The molecule has 2 aromatic carbocycles. The lowest BCUT2D eigenvalue weighted by Crippen LogP contribution is -2.54. The number of hydrogen-bond donors (Lipinski definition) is 0. The third-order valence-electron chi connectivity index (χ3n) is 10.1. The Bertz CT molecular complexity index is 1200. The van der Waals surface area contributed by atoms with Crippen LogP contribution in [0.5, 0.6) is 0 Å². The second-order valence-electron chi connectivity index (χ2n) is 13.5. The van der Waals surface area contributed by atoms with Gasteiger partial charge in [0.05, 0.1) is 39.1 Å². The Morgan fingerprint density at radius 1 is 0.521 bits per heavy atom. The molecule has 2 aromatic rings. The monoisotopic (exact) mass is 660 g/mol. The van der Waals surface area contributed by atoms with Gasteiger partial charge in [0.1, 0.15) is 0 Å². The van der Waals surface area contributed by atoms with Crippen molar-refractivity contribution in [1.82, 2.24) is 19.6 Å². The predicted molar refractivity (Wildman–Crippen MR) is 183 cm³/mol. The summed E-state index contributed by atoms with van der Waals surface area (Å²) in [5.74, 6) is 0.941. The third-order valence-corrected chi connectivity index (χ3v) is 10.1. The summed E-state index contributed by atoms with van der Waals surface area (Å²) >= 11 is 0. The molecule has 10 nitrogen and oxygen atoms in total. The van der Waals surface area contributed by atoms with Gasteiger partial charge in [-0.3, -0.25) is 29.0 Å². The lowest BCUT2D eigenvalue weighted by atomic mass is 9.94. The van der Waals surface area contributed by atoms with Crippen LogP contribution >= 0.6 is 0 Å². The molecule has 0 bridgehead atoms. The second-order valence-corrected chi connectivity index (χ2v) is 13.5. The molecule has 3 aliphatic heterocycles. The normalized spacial score (nSPS) is 18.4. The summed E-state index contributed by atoms with van der Waals surface area (Å²) in [7, 11) is 0. The number of carbonyl (C=O) groups excluding carboxylic acids is 4. The van der Waals surface area contributed by atoms with Gasteiger partial charge < -0.3 is 19.3 Å². The molecule has 48 heavy (non-hydrogen) atoms. The Labute approximate surface area is 285 Å². The van der Waals surface area contributed by atoms with Crippen molar-refractivity contribution in [2.45, 2.75) is 51.4 Å². The van der Waals surface area contributed by atoms with Gasteiger partial charge in [0, 0.05) is 26.2 Å². The van der Waals surface area contributed by atoms with Gasteiger partial charge in [0.2, 0.25) is 11.8 Å². The molecule has 3 heterocycles. The smallest absolute Gasteiger partial charge is 0.310 e. The van der Waals surface area contributed by atoms with Crippen molar-refractivity contribution in [3.8, 4) is 0 Å². The first-order valence-corrected chi connectivity index (χ1v) is 17.8. The summed E-state index contributed by atoms with van der Waals surface area (Å²) in [5.41, 5.74) is 1.93. The van der Waals surface area contributed by atoms with Gasteiger partial charge in [-0.1, -0.05) is 60.7 Å². The molecule has 0 N–H and O–H groups in total.